The molecule has 2 amide bonds. The third-order valence-corrected chi connectivity index (χ3v) is 6.65. The van der Waals surface area contributed by atoms with E-state index in [1.807, 2.05) is 47.4 Å². The Bertz CT molecular complexity index is 1180. The maximum absolute atomic E-state index is 13.3. The van der Waals surface area contributed by atoms with E-state index in [9.17, 15) is 9.59 Å². The highest BCUT2D eigenvalue weighted by Gasteiger charge is 2.35. The molecule has 164 valence electrons. The highest BCUT2D eigenvalue weighted by Crippen LogP contribution is 2.32. The van der Waals surface area contributed by atoms with Gasteiger partial charge in [-0.25, -0.2) is 0 Å². The van der Waals surface area contributed by atoms with Gasteiger partial charge in [0.1, 0.15) is 0 Å². The number of hydrogen-bond acceptors (Lipinski definition) is 3. The average Bonchev–Trinajstić information content (AvgIpc) is 3.16. The minimum absolute atomic E-state index is 0.0201. The standard InChI is InChI=1S/C27H29N3O2/c1-2-6-18-12-13-22-19(15-18)7-3-10-23(22)26(31)29-24-11-4-8-20-17-30(27(32)25(20)24)21-9-5-14-28-16-21/h3-4,7-8,10-13,15,21,28H,2,5-6,9,14,16-17H2,1H3,(H,29,31). The summed E-state index contributed by atoms with van der Waals surface area (Å²) in [5.41, 5.74) is 4.13. The van der Waals surface area contributed by atoms with Gasteiger partial charge in [0.15, 0.2) is 0 Å². The predicted octanol–water partition coefficient (Wildman–Crippen LogP) is 4.75. The first kappa shape index (κ1) is 20.7. The molecule has 3 aromatic carbocycles. The Morgan fingerprint density at radius 2 is 2.03 bits per heavy atom. The number of rotatable bonds is 5. The Morgan fingerprint density at radius 1 is 1.16 bits per heavy atom. The maximum atomic E-state index is 13.3. The maximum Gasteiger partial charge on any atom is 0.256 e. The molecule has 5 heteroatoms. The van der Waals surface area contributed by atoms with Gasteiger partial charge in [0.05, 0.1) is 11.3 Å². The highest BCUT2D eigenvalue weighted by molar-refractivity contribution is 6.15. The van der Waals surface area contributed by atoms with Crippen molar-refractivity contribution in [3.05, 3.63) is 76.9 Å². The molecule has 0 radical (unpaired) electrons. The van der Waals surface area contributed by atoms with Gasteiger partial charge < -0.3 is 15.5 Å². The van der Waals surface area contributed by atoms with Crippen LogP contribution in [-0.4, -0.2) is 35.8 Å². The third kappa shape index (κ3) is 3.78. The number of carbonyl (C=O) groups is 2. The van der Waals surface area contributed by atoms with Gasteiger partial charge in [0.2, 0.25) is 0 Å². The van der Waals surface area contributed by atoms with Crippen LogP contribution in [0.1, 0.15) is 58.0 Å². The van der Waals surface area contributed by atoms with Crippen LogP contribution in [0.15, 0.2) is 54.6 Å². The minimum atomic E-state index is -0.183. The topological polar surface area (TPSA) is 61.4 Å². The second-order valence-electron chi connectivity index (χ2n) is 8.84. The fourth-order valence-corrected chi connectivity index (χ4v) is 5.05. The summed E-state index contributed by atoms with van der Waals surface area (Å²) >= 11 is 0. The van der Waals surface area contributed by atoms with Gasteiger partial charge in [0.25, 0.3) is 11.8 Å². The summed E-state index contributed by atoms with van der Waals surface area (Å²) in [4.78, 5) is 28.5. The quantitative estimate of drug-likeness (QED) is 0.618. The summed E-state index contributed by atoms with van der Waals surface area (Å²) < 4.78 is 0. The molecule has 0 aliphatic carbocycles. The van der Waals surface area contributed by atoms with E-state index in [1.54, 1.807) is 0 Å². The fraction of sp³-hybridized carbons (Fsp3) is 0.333. The van der Waals surface area contributed by atoms with Crippen molar-refractivity contribution in [2.75, 3.05) is 18.4 Å². The molecule has 0 spiro atoms. The average molecular weight is 428 g/mol. The van der Waals surface area contributed by atoms with E-state index in [1.165, 1.54) is 5.56 Å². The van der Waals surface area contributed by atoms with Crippen molar-refractivity contribution >= 4 is 28.3 Å². The normalized spacial score (nSPS) is 18.1. The lowest BCUT2D eigenvalue weighted by molar-refractivity contribution is 0.0675. The van der Waals surface area contributed by atoms with E-state index in [4.69, 9.17) is 0 Å². The van der Waals surface area contributed by atoms with Crippen LogP contribution in [0.4, 0.5) is 5.69 Å². The SMILES string of the molecule is CCCc1ccc2c(C(=O)Nc3cccc4c3C(=O)N(C3CCCNC3)C4)cccc2c1. The van der Waals surface area contributed by atoms with Crippen LogP contribution in [0.5, 0.6) is 0 Å². The molecule has 32 heavy (non-hydrogen) atoms. The molecule has 1 atom stereocenters. The predicted molar refractivity (Wildman–Crippen MR) is 128 cm³/mol. The smallest absolute Gasteiger partial charge is 0.256 e. The Morgan fingerprint density at radius 3 is 2.84 bits per heavy atom. The van der Waals surface area contributed by atoms with E-state index < -0.39 is 0 Å². The lowest BCUT2D eigenvalue weighted by Crippen LogP contribution is -2.46. The summed E-state index contributed by atoms with van der Waals surface area (Å²) in [6, 6.07) is 18.1. The monoisotopic (exact) mass is 427 g/mol. The molecule has 5 rings (SSSR count). The second kappa shape index (κ2) is 8.75. The molecule has 2 heterocycles. The molecule has 2 N–H and O–H groups in total. The van der Waals surface area contributed by atoms with Crippen molar-refractivity contribution in [1.29, 1.82) is 0 Å². The van der Waals surface area contributed by atoms with Gasteiger partial charge in [0, 0.05) is 24.7 Å². The Balaban J connectivity index is 1.42. The van der Waals surface area contributed by atoms with Crippen molar-refractivity contribution in [3.63, 3.8) is 0 Å². The lowest BCUT2D eigenvalue weighted by atomic mass is 9.99. The van der Waals surface area contributed by atoms with Gasteiger partial charge in [-0.15, -0.1) is 0 Å². The molecular formula is C27H29N3O2. The molecular weight excluding hydrogens is 398 g/mol. The van der Waals surface area contributed by atoms with Crippen molar-refractivity contribution in [1.82, 2.24) is 10.2 Å². The van der Waals surface area contributed by atoms with Gasteiger partial charge in [-0.05, 0) is 59.8 Å². The summed E-state index contributed by atoms with van der Waals surface area (Å²) in [6.45, 7) is 4.62. The number of anilines is 1. The van der Waals surface area contributed by atoms with E-state index in [0.717, 1.165) is 55.1 Å². The number of nitrogens with one attached hydrogen (secondary N) is 2. The zero-order valence-corrected chi connectivity index (χ0v) is 18.5. The number of aryl methyl sites for hydroxylation is 1. The van der Waals surface area contributed by atoms with E-state index in [-0.39, 0.29) is 17.9 Å². The third-order valence-electron chi connectivity index (χ3n) is 6.65. The molecule has 2 aliphatic heterocycles. The first-order valence-electron chi connectivity index (χ1n) is 11.6. The van der Waals surface area contributed by atoms with Crippen molar-refractivity contribution in [2.24, 2.45) is 0 Å². The zero-order chi connectivity index (χ0) is 22.1. The van der Waals surface area contributed by atoms with Crippen LogP contribution < -0.4 is 10.6 Å². The van der Waals surface area contributed by atoms with Crippen molar-refractivity contribution < 1.29 is 9.59 Å². The van der Waals surface area contributed by atoms with Gasteiger partial charge in [-0.3, -0.25) is 9.59 Å². The minimum Gasteiger partial charge on any atom is -0.330 e. The number of fused-ring (bicyclic) bond motifs is 2. The van der Waals surface area contributed by atoms with Gasteiger partial charge in [-0.1, -0.05) is 55.8 Å². The van der Waals surface area contributed by atoms with E-state index in [0.29, 0.717) is 23.4 Å². The fourth-order valence-electron chi connectivity index (χ4n) is 5.05. The Labute approximate surface area is 188 Å². The largest absolute Gasteiger partial charge is 0.330 e. The Hall–Kier alpha value is -3.18. The summed E-state index contributed by atoms with van der Waals surface area (Å²) in [5, 5.41) is 8.43. The number of carbonyl (C=O) groups excluding carboxylic acids is 2. The summed E-state index contributed by atoms with van der Waals surface area (Å²) in [7, 11) is 0. The van der Waals surface area contributed by atoms with Crippen molar-refractivity contribution in [2.45, 2.75) is 45.2 Å². The van der Waals surface area contributed by atoms with Crippen LogP contribution >= 0.6 is 0 Å². The van der Waals surface area contributed by atoms with Crippen LogP contribution in [0.25, 0.3) is 10.8 Å². The van der Waals surface area contributed by atoms with Gasteiger partial charge >= 0.3 is 0 Å². The van der Waals surface area contributed by atoms with Crippen molar-refractivity contribution in [3.8, 4) is 0 Å². The number of benzene rings is 3. The molecule has 0 saturated carbocycles. The lowest BCUT2D eigenvalue weighted by Gasteiger charge is -2.31. The van der Waals surface area contributed by atoms with E-state index in [2.05, 4.69) is 29.7 Å². The van der Waals surface area contributed by atoms with Crippen LogP contribution in [0, 0.1) is 0 Å². The molecule has 2 aliphatic rings. The van der Waals surface area contributed by atoms with Gasteiger partial charge in [-0.2, -0.15) is 0 Å². The number of piperidine rings is 1. The first-order chi connectivity index (χ1) is 15.7. The molecule has 1 saturated heterocycles. The van der Waals surface area contributed by atoms with Crippen LogP contribution in [-0.2, 0) is 13.0 Å². The summed E-state index contributed by atoms with van der Waals surface area (Å²) in [6.07, 6.45) is 4.21. The molecule has 3 aromatic rings. The molecule has 1 fully saturated rings. The molecule has 0 aromatic heterocycles. The molecule has 0 bridgehead atoms. The zero-order valence-electron chi connectivity index (χ0n) is 18.5. The van der Waals surface area contributed by atoms with E-state index >= 15 is 0 Å². The number of hydrogen-bond donors (Lipinski definition) is 2. The Kier molecular flexibility index (Phi) is 5.66. The highest BCUT2D eigenvalue weighted by atomic mass is 16.2. The first-order valence-corrected chi connectivity index (χ1v) is 11.6. The van der Waals surface area contributed by atoms with Crippen LogP contribution in [0.3, 0.4) is 0 Å². The summed E-state index contributed by atoms with van der Waals surface area (Å²) in [5.74, 6) is -0.162. The van der Waals surface area contributed by atoms with Crippen LogP contribution in [0.2, 0.25) is 0 Å². The molecule has 5 nitrogen and oxygen atoms in total. The number of nitrogens with zero attached hydrogens (tertiary/aromatic N) is 1. The second-order valence-corrected chi connectivity index (χ2v) is 8.84. The number of amides is 2. The molecule has 1 unspecified atom stereocenters.